The molecule has 0 bridgehead atoms. The van der Waals surface area contributed by atoms with Gasteiger partial charge in [-0.15, -0.1) is 5.11 Å². The van der Waals surface area contributed by atoms with Gasteiger partial charge in [0.15, 0.2) is 0 Å². The maximum absolute atomic E-state index is 12.4. The van der Waals surface area contributed by atoms with Crippen LogP contribution < -0.4 is 14.1 Å². The molecule has 3 aromatic carbocycles. The maximum atomic E-state index is 12.4. The van der Waals surface area contributed by atoms with E-state index in [0.29, 0.717) is 12.3 Å². The number of ether oxygens (including phenoxy) is 1. The fourth-order valence-corrected chi connectivity index (χ4v) is 5.25. The number of likely N-dealkylation sites (N-methyl/N-ethyl adjacent to an activating group) is 1. The van der Waals surface area contributed by atoms with Crippen molar-refractivity contribution in [2.45, 2.75) is 11.8 Å². The van der Waals surface area contributed by atoms with Crippen LogP contribution in [-0.4, -0.2) is 87.7 Å². The van der Waals surface area contributed by atoms with E-state index in [1.54, 1.807) is 0 Å². The first kappa shape index (κ1) is 37.4. The van der Waals surface area contributed by atoms with Gasteiger partial charge in [0, 0.05) is 38.5 Å². The lowest BCUT2D eigenvalue weighted by Gasteiger charge is -2.24. The number of quaternary nitrogens is 1. The number of hydrogen-bond acceptors (Lipinski definition) is 10. The molecule has 0 N–H and O–H groups in total. The van der Waals surface area contributed by atoms with Gasteiger partial charge >= 0.3 is 0 Å². The summed E-state index contributed by atoms with van der Waals surface area (Å²) in [5.41, 5.74) is 3.15. The minimum absolute atomic E-state index is 0.0255. The van der Waals surface area contributed by atoms with E-state index in [1.165, 1.54) is 31.9 Å². The third kappa shape index (κ3) is 11.3. The van der Waals surface area contributed by atoms with Gasteiger partial charge in [-0.3, -0.25) is 8.67 Å². The van der Waals surface area contributed by atoms with E-state index in [9.17, 15) is 21.4 Å². The summed E-state index contributed by atoms with van der Waals surface area (Å²) in [5, 5.41) is 8.57. The number of anilines is 1. The summed E-state index contributed by atoms with van der Waals surface area (Å²) in [6.45, 7) is 4.19. The second kappa shape index (κ2) is 16.0. The smallest absolute Gasteiger partial charge is 0.244 e. The minimum atomic E-state index is -4.41. The van der Waals surface area contributed by atoms with Crippen LogP contribution in [0.5, 0.6) is 5.75 Å². The SMILES string of the molecule is CCN(CCOc1ccc([N+](C)(C)C)cc1)c1ccc(N=Nc2cc(Cl)c(S(=O)(=O)N(C)C)cc2Cl)cc1.COS(=O)(=O)[O-]. The predicted octanol–water partition coefficient (Wildman–Crippen LogP) is 5.85. The summed E-state index contributed by atoms with van der Waals surface area (Å²) in [5.74, 6) is 0.847. The first-order chi connectivity index (χ1) is 20.4. The van der Waals surface area contributed by atoms with E-state index in [-0.39, 0.29) is 20.6 Å². The van der Waals surface area contributed by atoms with Crippen LogP contribution in [-0.2, 0) is 24.6 Å². The highest BCUT2D eigenvalue weighted by Gasteiger charge is 2.22. The van der Waals surface area contributed by atoms with Crippen molar-refractivity contribution in [2.24, 2.45) is 10.2 Å². The molecule has 0 aliphatic heterocycles. The molecule has 0 aromatic heterocycles. The number of hydrogen-bond donors (Lipinski definition) is 0. The normalized spacial score (nSPS) is 12.2. The number of azo groups is 1. The molecular formula is C28H37Cl2N5O7S2. The van der Waals surface area contributed by atoms with E-state index in [1.807, 2.05) is 36.4 Å². The number of nitrogens with zero attached hydrogens (tertiary/aromatic N) is 5. The van der Waals surface area contributed by atoms with Gasteiger partial charge in [-0.2, -0.15) is 5.11 Å². The highest BCUT2D eigenvalue weighted by molar-refractivity contribution is 7.89. The van der Waals surface area contributed by atoms with Gasteiger partial charge < -0.3 is 14.2 Å². The lowest BCUT2D eigenvalue weighted by atomic mass is 10.2. The zero-order valence-corrected chi connectivity index (χ0v) is 28.7. The van der Waals surface area contributed by atoms with Crippen LogP contribution in [0.1, 0.15) is 6.92 Å². The molecule has 0 aliphatic carbocycles. The Morgan fingerprint density at radius 1 is 0.886 bits per heavy atom. The highest BCUT2D eigenvalue weighted by Crippen LogP contribution is 2.35. The van der Waals surface area contributed by atoms with Gasteiger partial charge in [-0.25, -0.2) is 21.1 Å². The summed E-state index contributed by atoms with van der Waals surface area (Å²) in [7, 11) is 1.91. The number of benzene rings is 3. The zero-order valence-electron chi connectivity index (χ0n) is 25.6. The van der Waals surface area contributed by atoms with E-state index in [2.05, 4.69) is 59.5 Å². The highest BCUT2D eigenvalue weighted by atomic mass is 35.5. The molecule has 44 heavy (non-hydrogen) atoms. The average molecular weight is 691 g/mol. The molecular weight excluding hydrogens is 653 g/mol. The van der Waals surface area contributed by atoms with Gasteiger partial charge in [0.25, 0.3) is 0 Å². The molecule has 0 unspecified atom stereocenters. The summed E-state index contributed by atoms with van der Waals surface area (Å²) in [6, 6.07) is 18.5. The summed E-state index contributed by atoms with van der Waals surface area (Å²) < 4.78 is 63.6. The molecule has 12 nitrogen and oxygen atoms in total. The van der Waals surface area contributed by atoms with Crippen molar-refractivity contribution in [3.8, 4) is 5.75 Å². The lowest BCUT2D eigenvalue weighted by molar-refractivity contribution is 0.314. The second-order valence-electron chi connectivity index (χ2n) is 10.2. The first-order valence-corrected chi connectivity index (χ1v) is 16.7. The molecule has 0 amide bonds. The van der Waals surface area contributed by atoms with E-state index < -0.39 is 20.4 Å². The van der Waals surface area contributed by atoms with Crippen molar-refractivity contribution in [3.63, 3.8) is 0 Å². The molecule has 0 atom stereocenters. The van der Waals surface area contributed by atoms with Crippen molar-refractivity contribution in [2.75, 3.05) is 66.9 Å². The monoisotopic (exact) mass is 689 g/mol. The second-order valence-corrected chi connectivity index (χ2v) is 14.3. The largest absolute Gasteiger partial charge is 0.726 e. The lowest BCUT2D eigenvalue weighted by Crippen LogP contribution is -2.34. The van der Waals surface area contributed by atoms with Crippen LogP contribution in [0.4, 0.5) is 22.7 Å². The topological polar surface area (TPSA) is 141 Å². The Bertz CT molecular complexity index is 1630. The Hall–Kier alpha value is -2.82. The van der Waals surface area contributed by atoms with Crippen LogP contribution >= 0.6 is 23.2 Å². The van der Waals surface area contributed by atoms with Gasteiger partial charge in [0.05, 0.1) is 50.5 Å². The van der Waals surface area contributed by atoms with Crippen LogP contribution in [0.3, 0.4) is 0 Å². The number of rotatable bonds is 12. The molecule has 3 aromatic rings. The van der Waals surface area contributed by atoms with E-state index in [4.69, 9.17) is 27.9 Å². The molecule has 0 aliphatic rings. The Morgan fingerprint density at radius 2 is 1.45 bits per heavy atom. The molecule has 0 saturated heterocycles. The van der Waals surface area contributed by atoms with Gasteiger partial charge in [-0.05, 0) is 55.5 Å². The minimum Gasteiger partial charge on any atom is -0.726 e. The van der Waals surface area contributed by atoms with Gasteiger partial charge in [-0.1, -0.05) is 23.2 Å². The Morgan fingerprint density at radius 3 is 1.93 bits per heavy atom. The fraction of sp³-hybridized carbons (Fsp3) is 0.357. The van der Waals surface area contributed by atoms with Crippen LogP contribution in [0.15, 0.2) is 75.8 Å². The molecule has 0 saturated carbocycles. The third-order valence-electron chi connectivity index (χ3n) is 6.08. The molecule has 242 valence electrons. The van der Waals surface area contributed by atoms with Crippen molar-refractivity contribution < 1.29 is 30.3 Å². The first-order valence-electron chi connectivity index (χ1n) is 13.1. The Labute approximate surface area is 270 Å². The average Bonchev–Trinajstić information content (AvgIpc) is 2.95. The third-order valence-corrected chi connectivity index (χ3v) is 9.07. The van der Waals surface area contributed by atoms with Crippen molar-refractivity contribution in [1.82, 2.24) is 8.79 Å². The number of sulfonamides is 1. The molecule has 0 spiro atoms. The summed E-state index contributed by atoms with van der Waals surface area (Å²) >= 11 is 12.5. The van der Waals surface area contributed by atoms with Crippen LogP contribution in [0.25, 0.3) is 0 Å². The fourth-order valence-electron chi connectivity index (χ4n) is 3.56. The molecule has 3 rings (SSSR count). The molecule has 0 fully saturated rings. The maximum Gasteiger partial charge on any atom is 0.244 e. The van der Waals surface area contributed by atoms with Gasteiger partial charge in [0.1, 0.15) is 28.6 Å². The zero-order chi connectivity index (χ0) is 33.3. The Kier molecular flexibility index (Phi) is 13.5. The Balaban J connectivity index is 0.00000102. The van der Waals surface area contributed by atoms with Crippen molar-refractivity contribution >= 4 is 66.4 Å². The standard InChI is InChI=1S/C27H34Cl2N5O3S.CH4O4S/c1-7-33(16-17-37-23-14-12-22(13-15-23)34(4,5)6)21-10-8-20(9-11-21)30-31-26-18-25(29)27(19-24(26)28)38(35,36)32(2)3;1-5-6(2,3)4/h8-15,18-19H,7,16-17H2,1-6H3;1H3,(H,2,3,4)/q+1;/p-1. The molecule has 16 heteroatoms. The summed E-state index contributed by atoms with van der Waals surface area (Å²) in [6.07, 6.45) is 0. The molecule has 0 heterocycles. The molecule has 0 radical (unpaired) electrons. The van der Waals surface area contributed by atoms with Crippen molar-refractivity contribution in [3.05, 3.63) is 70.7 Å². The van der Waals surface area contributed by atoms with E-state index in [0.717, 1.165) is 40.4 Å². The number of halogens is 2. The van der Waals surface area contributed by atoms with Crippen LogP contribution in [0, 0.1) is 0 Å². The van der Waals surface area contributed by atoms with Gasteiger partial charge in [0.2, 0.25) is 20.4 Å². The van der Waals surface area contributed by atoms with Crippen LogP contribution in [0.2, 0.25) is 10.0 Å². The predicted molar refractivity (Wildman–Crippen MR) is 174 cm³/mol. The quantitative estimate of drug-likeness (QED) is 0.0997. The van der Waals surface area contributed by atoms with E-state index >= 15 is 0 Å². The summed E-state index contributed by atoms with van der Waals surface area (Å²) in [4.78, 5) is 2.13. The van der Waals surface area contributed by atoms with Crippen molar-refractivity contribution in [1.29, 1.82) is 0 Å².